The molecule has 0 radical (unpaired) electrons. The van der Waals surface area contributed by atoms with Gasteiger partial charge >= 0.3 is 5.97 Å². The summed E-state index contributed by atoms with van der Waals surface area (Å²) in [6.07, 6.45) is -1.58. The number of aromatic hydroxyl groups is 1. The number of benzene rings is 1. The van der Waals surface area contributed by atoms with Crippen LogP contribution in [0.25, 0.3) is 0 Å². The van der Waals surface area contributed by atoms with Crippen molar-refractivity contribution in [2.75, 3.05) is 6.54 Å². The molecule has 1 aromatic carbocycles. The Hall–Kier alpha value is -1.60. The number of rotatable bonds is 5. The average Bonchev–Trinajstić information content (AvgIpc) is 2.32. The van der Waals surface area contributed by atoms with Crippen LogP contribution in [-0.2, 0) is 4.79 Å². The fourth-order valence-corrected chi connectivity index (χ4v) is 1.45. The zero-order valence-corrected chi connectivity index (χ0v) is 10.8. The molecule has 6 nitrogen and oxygen atoms in total. The van der Waals surface area contributed by atoms with Gasteiger partial charge in [-0.3, -0.25) is 4.79 Å². The van der Waals surface area contributed by atoms with Crippen molar-refractivity contribution in [1.29, 1.82) is 0 Å². The lowest BCUT2D eigenvalue weighted by molar-refractivity contribution is -0.146. The normalized spacial score (nSPS) is 11.9. The topological polar surface area (TPSA) is 107 Å². The summed E-state index contributed by atoms with van der Waals surface area (Å²) in [6, 6.07) is 4.32. The van der Waals surface area contributed by atoms with Gasteiger partial charge in [0, 0.05) is 18.5 Å². The third-order valence-corrected chi connectivity index (χ3v) is 2.87. The number of phenolic OH excluding ortho intramolecular Hbond substituents is 1. The predicted octanol–water partition coefficient (Wildman–Crippen LogP) is 0.720. The maximum atomic E-state index is 11.6. The van der Waals surface area contributed by atoms with Crippen molar-refractivity contribution in [2.24, 2.45) is 0 Å². The Morgan fingerprint density at radius 3 is 2.61 bits per heavy atom. The number of aliphatic hydroxyl groups excluding tert-OH is 1. The molecule has 1 atom stereocenters. The number of carboxylic acid groups (broad SMARTS) is 1. The van der Waals surface area contributed by atoms with Crippen LogP contribution in [0.15, 0.2) is 22.7 Å². The SMILES string of the molecule is O=C(NCCC(O)C(=O)O)c1ccc(Br)c(O)c1. The summed E-state index contributed by atoms with van der Waals surface area (Å²) < 4.78 is 0.473. The van der Waals surface area contributed by atoms with E-state index < -0.39 is 18.0 Å². The van der Waals surface area contributed by atoms with E-state index in [4.69, 9.17) is 10.2 Å². The summed E-state index contributed by atoms with van der Waals surface area (Å²) >= 11 is 3.09. The molecule has 0 bridgehead atoms. The summed E-state index contributed by atoms with van der Waals surface area (Å²) in [6.45, 7) is 0.0309. The molecule has 1 aromatic rings. The minimum Gasteiger partial charge on any atom is -0.507 e. The Balaban J connectivity index is 2.50. The van der Waals surface area contributed by atoms with Crippen LogP contribution >= 0.6 is 15.9 Å². The monoisotopic (exact) mass is 317 g/mol. The molecule has 1 unspecified atom stereocenters. The first kappa shape index (κ1) is 14.5. The summed E-state index contributed by atoms with van der Waals surface area (Å²) in [5.41, 5.74) is 0.250. The summed E-state index contributed by atoms with van der Waals surface area (Å²) in [4.78, 5) is 21.9. The van der Waals surface area contributed by atoms with E-state index in [9.17, 15) is 14.7 Å². The van der Waals surface area contributed by atoms with E-state index in [1.54, 1.807) is 0 Å². The molecule has 4 N–H and O–H groups in total. The highest BCUT2D eigenvalue weighted by Crippen LogP contribution is 2.24. The van der Waals surface area contributed by atoms with E-state index in [0.717, 1.165) is 0 Å². The van der Waals surface area contributed by atoms with Crippen molar-refractivity contribution in [2.45, 2.75) is 12.5 Å². The van der Waals surface area contributed by atoms with E-state index in [1.807, 2.05) is 0 Å². The smallest absolute Gasteiger partial charge is 0.332 e. The zero-order valence-electron chi connectivity index (χ0n) is 9.26. The molecule has 1 amide bonds. The molecular weight excluding hydrogens is 306 g/mol. The second-order valence-corrected chi connectivity index (χ2v) is 4.42. The number of hydrogen-bond donors (Lipinski definition) is 4. The molecular formula is C11H12BrNO5. The van der Waals surface area contributed by atoms with E-state index in [2.05, 4.69) is 21.2 Å². The third kappa shape index (κ3) is 4.01. The van der Waals surface area contributed by atoms with Crippen LogP contribution in [0, 0.1) is 0 Å². The minimum absolute atomic E-state index is 0.0309. The molecule has 0 aliphatic rings. The lowest BCUT2D eigenvalue weighted by Crippen LogP contribution is -2.30. The van der Waals surface area contributed by atoms with Crippen molar-refractivity contribution in [3.8, 4) is 5.75 Å². The van der Waals surface area contributed by atoms with Crippen LogP contribution in [0.3, 0.4) is 0 Å². The molecule has 0 spiro atoms. The fourth-order valence-electron chi connectivity index (χ4n) is 1.20. The van der Waals surface area contributed by atoms with Gasteiger partial charge in [0.05, 0.1) is 4.47 Å². The molecule has 1 rings (SSSR count). The van der Waals surface area contributed by atoms with Gasteiger partial charge in [0.25, 0.3) is 5.91 Å². The summed E-state index contributed by atoms with van der Waals surface area (Å²) in [5.74, 6) is -1.84. The van der Waals surface area contributed by atoms with Gasteiger partial charge in [0.1, 0.15) is 5.75 Å². The second kappa shape index (κ2) is 6.36. The van der Waals surface area contributed by atoms with Crippen LogP contribution in [0.5, 0.6) is 5.75 Å². The maximum Gasteiger partial charge on any atom is 0.332 e. The molecule has 0 aliphatic carbocycles. The maximum absolute atomic E-state index is 11.6. The van der Waals surface area contributed by atoms with Gasteiger partial charge in [-0.25, -0.2) is 4.79 Å². The Morgan fingerprint density at radius 1 is 1.39 bits per heavy atom. The predicted molar refractivity (Wildman–Crippen MR) is 66.4 cm³/mol. The number of amides is 1. The Kier molecular flexibility index (Phi) is 5.11. The number of phenols is 1. The molecule has 18 heavy (non-hydrogen) atoms. The molecule has 0 aliphatic heterocycles. The first-order valence-electron chi connectivity index (χ1n) is 5.09. The van der Waals surface area contributed by atoms with Gasteiger partial charge in [-0.05, 0) is 34.1 Å². The van der Waals surface area contributed by atoms with Gasteiger partial charge in [0.15, 0.2) is 6.10 Å². The second-order valence-electron chi connectivity index (χ2n) is 3.56. The van der Waals surface area contributed by atoms with E-state index >= 15 is 0 Å². The highest BCUT2D eigenvalue weighted by Gasteiger charge is 2.13. The highest BCUT2D eigenvalue weighted by molar-refractivity contribution is 9.10. The number of aliphatic hydroxyl groups is 1. The molecule has 0 saturated carbocycles. The van der Waals surface area contributed by atoms with Crippen molar-refractivity contribution in [3.63, 3.8) is 0 Å². The Bertz CT molecular complexity index is 463. The lowest BCUT2D eigenvalue weighted by atomic mass is 10.2. The first-order valence-corrected chi connectivity index (χ1v) is 5.88. The van der Waals surface area contributed by atoms with Crippen molar-refractivity contribution < 1.29 is 24.9 Å². The van der Waals surface area contributed by atoms with Crippen molar-refractivity contribution in [3.05, 3.63) is 28.2 Å². The zero-order chi connectivity index (χ0) is 13.7. The van der Waals surface area contributed by atoms with Gasteiger partial charge in [-0.1, -0.05) is 0 Å². The quantitative estimate of drug-likeness (QED) is 0.640. The number of nitrogens with one attached hydrogen (secondary N) is 1. The van der Waals surface area contributed by atoms with Crippen LogP contribution in [-0.4, -0.2) is 39.8 Å². The largest absolute Gasteiger partial charge is 0.507 e. The minimum atomic E-state index is -1.50. The van der Waals surface area contributed by atoms with E-state index in [1.165, 1.54) is 18.2 Å². The number of carboxylic acids is 1. The molecule has 0 heterocycles. The average molecular weight is 318 g/mol. The van der Waals surface area contributed by atoms with Crippen LogP contribution < -0.4 is 5.32 Å². The van der Waals surface area contributed by atoms with E-state index in [0.29, 0.717) is 4.47 Å². The molecule has 0 fully saturated rings. The lowest BCUT2D eigenvalue weighted by Gasteiger charge is -2.08. The van der Waals surface area contributed by atoms with Crippen molar-refractivity contribution >= 4 is 27.8 Å². The number of carbonyl (C=O) groups is 2. The standard InChI is InChI=1S/C11H12BrNO5/c12-7-2-1-6(5-9(7)15)10(16)13-4-3-8(14)11(17)18/h1-2,5,8,14-15H,3-4H2,(H,13,16)(H,17,18). The Labute approximate surface area is 111 Å². The third-order valence-electron chi connectivity index (χ3n) is 2.20. The van der Waals surface area contributed by atoms with E-state index in [-0.39, 0.29) is 24.3 Å². The van der Waals surface area contributed by atoms with Crippen LogP contribution in [0.2, 0.25) is 0 Å². The molecule has 98 valence electrons. The molecule has 7 heteroatoms. The highest BCUT2D eigenvalue weighted by atomic mass is 79.9. The van der Waals surface area contributed by atoms with Gasteiger partial charge in [-0.15, -0.1) is 0 Å². The summed E-state index contributed by atoms with van der Waals surface area (Å²) in [7, 11) is 0. The van der Waals surface area contributed by atoms with Crippen LogP contribution in [0.4, 0.5) is 0 Å². The number of carbonyl (C=O) groups excluding carboxylic acids is 1. The Morgan fingerprint density at radius 2 is 2.06 bits per heavy atom. The molecule has 0 aromatic heterocycles. The van der Waals surface area contributed by atoms with Crippen LogP contribution in [0.1, 0.15) is 16.8 Å². The first-order chi connectivity index (χ1) is 8.41. The number of aliphatic carboxylic acids is 1. The molecule has 0 saturated heterocycles. The fraction of sp³-hybridized carbons (Fsp3) is 0.273. The summed E-state index contributed by atoms with van der Waals surface area (Å²) in [5, 5.41) is 29.3. The van der Waals surface area contributed by atoms with Crippen molar-refractivity contribution in [1.82, 2.24) is 5.32 Å². The van der Waals surface area contributed by atoms with Gasteiger partial charge in [0.2, 0.25) is 0 Å². The van der Waals surface area contributed by atoms with Gasteiger partial charge in [-0.2, -0.15) is 0 Å². The number of hydrogen-bond acceptors (Lipinski definition) is 4. The number of halogens is 1. The van der Waals surface area contributed by atoms with Gasteiger partial charge < -0.3 is 20.6 Å².